The summed E-state index contributed by atoms with van der Waals surface area (Å²) in [4.78, 5) is 1.18. The number of hydrogen-bond donors (Lipinski definition) is 2. The molecule has 0 radical (unpaired) electrons. The Morgan fingerprint density at radius 1 is 1.12 bits per heavy atom. The van der Waals surface area contributed by atoms with Crippen molar-refractivity contribution in [1.29, 1.82) is 0 Å². The number of rotatable bonds is 2. The summed E-state index contributed by atoms with van der Waals surface area (Å²) < 4.78 is 29.2. The van der Waals surface area contributed by atoms with Gasteiger partial charge in [-0.2, -0.15) is 8.42 Å². The molecular formula is C11H13NO3S2. The molecule has 1 aromatic heterocycles. The van der Waals surface area contributed by atoms with Gasteiger partial charge in [0.1, 0.15) is 0 Å². The van der Waals surface area contributed by atoms with Crippen LogP contribution >= 0.6 is 11.3 Å². The lowest BCUT2D eigenvalue weighted by Crippen LogP contribution is -1.96. The maximum atomic E-state index is 10.4. The highest BCUT2D eigenvalue weighted by molar-refractivity contribution is 7.85. The number of benzene rings is 1. The minimum atomic E-state index is -4.00. The Morgan fingerprint density at radius 3 is 2.06 bits per heavy atom. The zero-order valence-electron chi connectivity index (χ0n) is 8.98. The summed E-state index contributed by atoms with van der Waals surface area (Å²) in [6.45, 7) is 0.678. The molecule has 0 aliphatic rings. The molecule has 0 unspecified atom stereocenters. The van der Waals surface area contributed by atoms with Crippen molar-refractivity contribution in [2.45, 2.75) is 11.4 Å². The van der Waals surface area contributed by atoms with Crippen molar-refractivity contribution in [1.82, 2.24) is 0 Å². The van der Waals surface area contributed by atoms with Crippen molar-refractivity contribution >= 4 is 21.5 Å². The average molecular weight is 271 g/mol. The molecule has 3 N–H and O–H groups in total. The Kier molecular flexibility index (Phi) is 5.30. The molecule has 92 valence electrons. The molecule has 2 rings (SSSR count). The van der Waals surface area contributed by atoms with E-state index in [2.05, 4.69) is 0 Å². The molecule has 0 aliphatic carbocycles. The van der Waals surface area contributed by atoms with E-state index in [4.69, 9.17) is 10.3 Å². The van der Waals surface area contributed by atoms with Crippen LogP contribution < -0.4 is 5.73 Å². The predicted octanol–water partition coefficient (Wildman–Crippen LogP) is 2.14. The van der Waals surface area contributed by atoms with Crippen LogP contribution in [0.25, 0.3) is 0 Å². The van der Waals surface area contributed by atoms with Gasteiger partial charge in [0.2, 0.25) is 0 Å². The molecule has 0 spiro atoms. The molecule has 0 atom stereocenters. The molecule has 0 bridgehead atoms. The van der Waals surface area contributed by atoms with E-state index in [9.17, 15) is 8.42 Å². The quantitative estimate of drug-likeness (QED) is 0.820. The maximum absolute atomic E-state index is 10.4. The van der Waals surface area contributed by atoms with E-state index in [1.54, 1.807) is 29.5 Å². The Balaban J connectivity index is 0.000000181. The third-order valence-electron chi connectivity index (χ3n) is 1.82. The molecule has 0 fully saturated rings. The summed E-state index contributed by atoms with van der Waals surface area (Å²) in [5.41, 5.74) is 5.30. The Labute approximate surface area is 104 Å². The van der Waals surface area contributed by atoms with Crippen LogP contribution in [0.2, 0.25) is 0 Å². The van der Waals surface area contributed by atoms with E-state index in [0.29, 0.717) is 6.54 Å². The van der Waals surface area contributed by atoms with Crippen LogP contribution in [0.4, 0.5) is 0 Å². The second kappa shape index (κ2) is 6.51. The van der Waals surface area contributed by atoms with Crippen molar-refractivity contribution in [3.05, 3.63) is 52.7 Å². The van der Waals surface area contributed by atoms with Gasteiger partial charge in [-0.15, -0.1) is 11.3 Å². The first-order valence-electron chi connectivity index (χ1n) is 4.79. The lowest BCUT2D eigenvalue weighted by Gasteiger charge is -1.92. The minimum absolute atomic E-state index is 0.0741. The van der Waals surface area contributed by atoms with Crippen LogP contribution in [0.15, 0.2) is 52.7 Å². The minimum Gasteiger partial charge on any atom is -0.326 e. The molecule has 4 nitrogen and oxygen atoms in total. The first-order chi connectivity index (χ1) is 8.04. The van der Waals surface area contributed by atoms with E-state index in [-0.39, 0.29) is 4.90 Å². The normalized spacial score (nSPS) is 10.5. The van der Waals surface area contributed by atoms with Crippen molar-refractivity contribution in [2.75, 3.05) is 0 Å². The van der Waals surface area contributed by atoms with Gasteiger partial charge in [-0.05, 0) is 23.6 Å². The molecule has 6 heteroatoms. The van der Waals surface area contributed by atoms with Gasteiger partial charge < -0.3 is 5.73 Å². The van der Waals surface area contributed by atoms with Gasteiger partial charge in [-0.3, -0.25) is 4.55 Å². The lowest BCUT2D eigenvalue weighted by atomic mass is 10.4. The third kappa shape index (κ3) is 5.10. The van der Waals surface area contributed by atoms with Crippen molar-refractivity contribution in [3.8, 4) is 0 Å². The van der Waals surface area contributed by atoms with Gasteiger partial charge in [0.25, 0.3) is 10.1 Å². The fraction of sp³-hybridized carbons (Fsp3) is 0.0909. The third-order valence-corrected chi connectivity index (χ3v) is 3.59. The first kappa shape index (κ1) is 13.9. The van der Waals surface area contributed by atoms with Gasteiger partial charge in [-0.1, -0.05) is 24.3 Å². The SMILES string of the molecule is NCc1cccs1.O=S(=O)(O)c1ccccc1. The van der Waals surface area contributed by atoms with Gasteiger partial charge in [-0.25, -0.2) is 0 Å². The predicted molar refractivity (Wildman–Crippen MR) is 68.5 cm³/mol. The Hall–Kier alpha value is -1.21. The molecule has 1 heterocycles. The fourth-order valence-corrected chi connectivity index (χ4v) is 2.11. The number of hydrogen-bond acceptors (Lipinski definition) is 4. The topological polar surface area (TPSA) is 80.4 Å². The summed E-state index contributed by atoms with van der Waals surface area (Å²) in [5.74, 6) is 0. The Bertz CT molecular complexity index is 521. The standard InChI is InChI=1S/C6H6O3S.C5H7NS/c7-10(8,9)6-4-2-1-3-5-6;6-4-5-2-1-3-7-5/h1-5H,(H,7,8,9);1-3H,4,6H2. The van der Waals surface area contributed by atoms with E-state index < -0.39 is 10.1 Å². The summed E-state index contributed by atoms with van der Waals surface area (Å²) in [6.07, 6.45) is 0. The van der Waals surface area contributed by atoms with Crippen molar-refractivity contribution in [3.63, 3.8) is 0 Å². The van der Waals surface area contributed by atoms with Gasteiger partial charge in [0, 0.05) is 11.4 Å². The summed E-state index contributed by atoms with van der Waals surface area (Å²) in [6, 6.07) is 11.5. The highest BCUT2D eigenvalue weighted by atomic mass is 32.2. The summed E-state index contributed by atoms with van der Waals surface area (Å²) in [7, 11) is -4.00. The molecular weight excluding hydrogens is 258 g/mol. The van der Waals surface area contributed by atoms with E-state index in [0.717, 1.165) is 0 Å². The van der Waals surface area contributed by atoms with Crippen LogP contribution in [-0.4, -0.2) is 13.0 Å². The zero-order valence-corrected chi connectivity index (χ0v) is 10.6. The second-order valence-electron chi connectivity index (χ2n) is 3.07. The average Bonchev–Trinajstić information content (AvgIpc) is 2.83. The van der Waals surface area contributed by atoms with Crippen molar-refractivity contribution < 1.29 is 13.0 Å². The Morgan fingerprint density at radius 2 is 1.76 bits per heavy atom. The molecule has 17 heavy (non-hydrogen) atoms. The van der Waals surface area contributed by atoms with Crippen LogP contribution in [0.1, 0.15) is 4.88 Å². The largest absolute Gasteiger partial charge is 0.326 e. The van der Waals surface area contributed by atoms with Crippen LogP contribution in [0.5, 0.6) is 0 Å². The van der Waals surface area contributed by atoms with Gasteiger partial charge >= 0.3 is 0 Å². The monoisotopic (exact) mass is 271 g/mol. The molecule has 0 amide bonds. The van der Waals surface area contributed by atoms with Crippen LogP contribution in [0.3, 0.4) is 0 Å². The fourth-order valence-electron chi connectivity index (χ4n) is 1.02. The van der Waals surface area contributed by atoms with Gasteiger partial charge in [0.15, 0.2) is 0 Å². The van der Waals surface area contributed by atoms with E-state index in [1.807, 2.05) is 17.5 Å². The molecule has 2 aromatic rings. The molecule has 0 saturated carbocycles. The zero-order chi connectivity index (χ0) is 12.7. The maximum Gasteiger partial charge on any atom is 0.294 e. The molecule has 0 aliphatic heterocycles. The molecule has 1 aromatic carbocycles. The highest BCUT2D eigenvalue weighted by Gasteiger charge is 2.05. The first-order valence-corrected chi connectivity index (χ1v) is 7.11. The number of nitrogens with two attached hydrogens (primary N) is 1. The summed E-state index contributed by atoms with van der Waals surface area (Å²) >= 11 is 1.70. The number of thiophene rings is 1. The van der Waals surface area contributed by atoms with Crippen LogP contribution in [0, 0.1) is 0 Å². The summed E-state index contributed by atoms with van der Waals surface area (Å²) in [5, 5.41) is 2.03. The highest BCUT2D eigenvalue weighted by Crippen LogP contribution is 2.05. The van der Waals surface area contributed by atoms with E-state index >= 15 is 0 Å². The smallest absolute Gasteiger partial charge is 0.294 e. The van der Waals surface area contributed by atoms with Gasteiger partial charge in [0.05, 0.1) is 4.90 Å². The second-order valence-corrected chi connectivity index (χ2v) is 5.53. The van der Waals surface area contributed by atoms with Crippen LogP contribution in [-0.2, 0) is 16.7 Å². The lowest BCUT2D eigenvalue weighted by molar-refractivity contribution is 0.483. The van der Waals surface area contributed by atoms with Crippen molar-refractivity contribution in [2.24, 2.45) is 5.73 Å². The molecule has 0 saturated heterocycles. The van der Waals surface area contributed by atoms with E-state index in [1.165, 1.54) is 17.0 Å².